The molecule has 4 N–H and O–H groups in total. The minimum absolute atomic E-state index is 0.184. The monoisotopic (exact) mass is 330 g/mol. The van der Waals surface area contributed by atoms with Crippen LogP contribution >= 0.6 is 0 Å². The zero-order chi connectivity index (χ0) is 17.2. The van der Waals surface area contributed by atoms with Crippen molar-refractivity contribution in [2.75, 3.05) is 5.32 Å². The Kier molecular flexibility index (Phi) is 3.86. The van der Waals surface area contributed by atoms with Gasteiger partial charge in [0.25, 0.3) is 5.82 Å². The number of fused-ring (bicyclic) bond motifs is 1. The van der Waals surface area contributed by atoms with Crippen LogP contribution < -0.4 is 10.3 Å². The number of anilines is 1. The van der Waals surface area contributed by atoms with Gasteiger partial charge in [-0.2, -0.15) is 0 Å². The lowest BCUT2D eigenvalue weighted by Gasteiger charge is -2.17. The van der Waals surface area contributed by atoms with Crippen molar-refractivity contribution in [1.82, 2.24) is 4.98 Å². The molecule has 0 bridgehead atoms. The highest BCUT2D eigenvalue weighted by atomic mass is 16.3. The number of rotatable bonds is 4. The van der Waals surface area contributed by atoms with Gasteiger partial charge in [-0.1, -0.05) is 42.5 Å². The summed E-state index contributed by atoms with van der Waals surface area (Å²) in [5.74, 6) is 1.17. The van der Waals surface area contributed by atoms with Gasteiger partial charge in [-0.25, -0.2) is 4.98 Å². The first-order chi connectivity index (χ1) is 12.2. The van der Waals surface area contributed by atoms with Crippen LogP contribution in [0, 0.1) is 6.92 Å². The molecule has 124 valence electrons. The van der Waals surface area contributed by atoms with Crippen LogP contribution in [0.15, 0.2) is 72.9 Å². The molecule has 0 fully saturated rings. The van der Waals surface area contributed by atoms with Gasteiger partial charge in [-0.3, -0.25) is 5.32 Å². The number of phenolic OH excluding ortho intramolecular Hbond substituents is 1. The number of aromatic amines is 2. The summed E-state index contributed by atoms with van der Waals surface area (Å²) in [6.07, 6.45) is 1.88. The van der Waals surface area contributed by atoms with Crippen molar-refractivity contribution >= 4 is 16.7 Å². The topological polar surface area (TPSA) is 62.2 Å². The Morgan fingerprint density at radius 3 is 2.52 bits per heavy atom. The number of para-hydroxylation sites is 2. The van der Waals surface area contributed by atoms with Gasteiger partial charge in [0, 0.05) is 33.8 Å². The van der Waals surface area contributed by atoms with E-state index < -0.39 is 0 Å². The van der Waals surface area contributed by atoms with Crippen LogP contribution in [-0.4, -0.2) is 10.1 Å². The molecule has 0 aliphatic heterocycles. The highest BCUT2D eigenvalue weighted by Crippen LogP contribution is 2.37. The quantitative estimate of drug-likeness (QED) is 0.525. The van der Waals surface area contributed by atoms with E-state index in [2.05, 4.69) is 34.3 Å². The summed E-state index contributed by atoms with van der Waals surface area (Å²) in [4.78, 5) is 6.67. The number of hydrogen-bond acceptors (Lipinski definition) is 2. The highest BCUT2D eigenvalue weighted by molar-refractivity contribution is 5.86. The first-order valence-electron chi connectivity index (χ1n) is 8.32. The lowest BCUT2D eigenvalue weighted by Crippen LogP contribution is -2.19. The van der Waals surface area contributed by atoms with Crippen molar-refractivity contribution in [3.8, 4) is 5.75 Å². The van der Waals surface area contributed by atoms with E-state index in [0.29, 0.717) is 0 Å². The molecule has 1 unspecified atom stereocenters. The summed E-state index contributed by atoms with van der Waals surface area (Å²) in [6, 6.07) is 21.4. The minimum atomic E-state index is -0.184. The molecule has 1 atom stereocenters. The average Bonchev–Trinajstić information content (AvgIpc) is 2.97. The maximum absolute atomic E-state index is 10.5. The summed E-state index contributed by atoms with van der Waals surface area (Å²) in [5, 5.41) is 15.1. The van der Waals surface area contributed by atoms with E-state index >= 15 is 0 Å². The molecule has 4 nitrogen and oxygen atoms in total. The van der Waals surface area contributed by atoms with E-state index in [0.717, 1.165) is 33.5 Å². The van der Waals surface area contributed by atoms with E-state index in [1.807, 2.05) is 54.7 Å². The molecule has 4 heteroatoms. The summed E-state index contributed by atoms with van der Waals surface area (Å²) in [6.45, 7) is 2.07. The van der Waals surface area contributed by atoms with Crippen LogP contribution in [0.4, 0.5) is 5.82 Å². The lowest BCUT2D eigenvalue weighted by molar-refractivity contribution is -0.361. The van der Waals surface area contributed by atoms with Gasteiger partial charge in [0.15, 0.2) is 6.04 Å². The summed E-state index contributed by atoms with van der Waals surface area (Å²) in [5.41, 5.74) is 4.15. The molecule has 0 aliphatic rings. The maximum Gasteiger partial charge on any atom is 0.272 e. The number of phenols is 1. The predicted octanol–water partition coefficient (Wildman–Crippen LogP) is 4.20. The average molecular weight is 330 g/mol. The van der Waals surface area contributed by atoms with Gasteiger partial charge in [0.1, 0.15) is 5.75 Å². The van der Waals surface area contributed by atoms with E-state index in [9.17, 15) is 5.11 Å². The number of pyridine rings is 1. The molecule has 2 aromatic heterocycles. The molecule has 4 aromatic rings. The number of H-pyrrole nitrogens is 2. The van der Waals surface area contributed by atoms with Crippen molar-refractivity contribution in [2.24, 2.45) is 0 Å². The third-order valence-corrected chi connectivity index (χ3v) is 4.49. The number of aromatic hydroxyl groups is 1. The second-order valence-corrected chi connectivity index (χ2v) is 6.12. The fourth-order valence-electron chi connectivity index (χ4n) is 3.35. The smallest absolute Gasteiger partial charge is 0.272 e. The maximum atomic E-state index is 10.5. The zero-order valence-electron chi connectivity index (χ0n) is 14.0. The normalized spacial score (nSPS) is 12.2. The Labute approximate surface area is 146 Å². The van der Waals surface area contributed by atoms with Crippen LogP contribution in [-0.2, 0) is 0 Å². The number of hydrogen-bond donors (Lipinski definition) is 3. The number of aryl methyl sites for hydroxylation is 1. The molecular formula is C21H20N3O+. The van der Waals surface area contributed by atoms with Crippen LogP contribution in [0.25, 0.3) is 10.9 Å². The molecule has 0 saturated heterocycles. The molecular weight excluding hydrogens is 310 g/mol. The zero-order valence-corrected chi connectivity index (χ0v) is 14.0. The minimum Gasteiger partial charge on any atom is -0.507 e. The molecule has 2 heterocycles. The van der Waals surface area contributed by atoms with Crippen molar-refractivity contribution in [1.29, 1.82) is 0 Å². The Hall–Kier alpha value is -3.27. The van der Waals surface area contributed by atoms with Gasteiger partial charge in [0.05, 0.1) is 6.20 Å². The van der Waals surface area contributed by atoms with Crippen molar-refractivity contribution in [3.05, 3.63) is 89.7 Å². The summed E-state index contributed by atoms with van der Waals surface area (Å²) in [7, 11) is 0. The molecule has 0 spiro atoms. The summed E-state index contributed by atoms with van der Waals surface area (Å²) < 4.78 is 0. The molecule has 2 aromatic carbocycles. The van der Waals surface area contributed by atoms with Gasteiger partial charge in [0.2, 0.25) is 0 Å². The fraction of sp³-hybridized carbons (Fsp3) is 0.0952. The van der Waals surface area contributed by atoms with Crippen molar-refractivity contribution in [2.45, 2.75) is 13.0 Å². The first-order valence-corrected chi connectivity index (χ1v) is 8.32. The van der Waals surface area contributed by atoms with E-state index in [4.69, 9.17) is 0 Å². The molecule has 0 aliphatic carbocycles. The van der Waals surface area contributed by atoms with Crippen molar-refractivity contribution < 1.29 is 10.1 Å². The van der Waals surface area contributed by atoms with Gasteiger partial charge >= 0.3 is 0 Å². The van der Waals surface area contributed by atoms with Crippen LogP contribution in [0.3, 0.4) is 0 Å². The molecule has 4 rings (SSSR count). The van der Waals surface area contributed by atoms with E-state index in [-0.39, 0.29) is 11.8 Å². The Balaban J connectivity index is 1.91. The van der Waals surface area contributed by atoms with Gasteiger partial charge in [-0.05, 0) is 25.1 Å². The summed E-state index contributed by atoms with van der Waals surface area (Å²) >= 11 is 0. The van der Waals surface area contributed by atoms with Gasteiger partial charge < -0.3 is 10.1 Å². The molecule has 0 radical (unpaired) electrons. The predicted molar refractivity (Wildman–Crippen MR) is 99.6 cm³/mol. The number of aromatic nitrogens is 2. The molecule has 25 heavy (non-hydrogen) atoms. The second-order valence-electron chi connectivity index (χ2n) is 6.12. The SMILES string of the molecule is Cc1[nH]c2ccccc2c1C(Nc1cccc[nH+]1)c1ccccc1O. The second kappa shape index (κ2) is 6.32. The number of benzene rings is 2. The van der Waals surface area contributed by atoms with Crippen molar-refractivity contribution in [3.63, 3.8) is 0 Å². The Morgan fingerprint density at radius 2 is 1.72 bits per heavy atom. The standard InChI is InChI=1S/C21H19N3O/c1-14-20(15-8-2-4-10-17(15)23-14)21(16-9-3-5-11-18(16)25)24-19-12-6-7-13-22-19/h2-13,21,23,25H,1H3,(H,22,24)/p+1. The highest BCUT2D eigenvalue weighted by Gasteiger charge is 2.27. The Morgan fingerprint density at radius 1 is 0.960 bits per heavy atom. The largest absolute Gasteiger partial charge is 0.507 e. The van der Waals surface area contributed by atoms with Gasteiger partial charge in [-0.15, -0.1) is 0 Å². The van der Waals surface area contributed by atoms with Crippen LogP contribution in [0.1, 0.15) is 22.9 Å². The van der Waals surface area contributed by atoms with E-state index in [1.54, 1.807) is 6.07 Å². The third-order valence-electron chi connectivity index (χ3n) is 4.49. The lowest BCUT2D eigenvalue weighted by atomic mass is 9.95. The number of nitrogens with one attached hydrogen (secondary N) is 3. The third kappa shape index (κ3) is 2.83. The van der Waals surface area contributed by atoms with E-state index in [1.165, 1.54) is 0 Å². The molecule has 0 saturated carbocycles. The van der Waals surface area contributed by atoms with Crippen LogP contribution in [0.2, 0.25) is 0 Å². The fourth-order valence-corrected chi connectivity index (χ4v) is 3.35. The molecule has 0 amide bonds. The first kappa shape index (κ1) is 15.3. The Bertz CT molecular complexity index is 1010. The van der Waals surface area contributed by atoms with Crippen LogP contribution in [0.5, 0.6) is 5.75 Å².